The average molecular weight is 731 g/mol. The van der Waals surface area contributed by atoms with Gasteiger partial charge in [0.2, 0.25) is 0 Å². The molecule has 52 heavy (non-hydrogen) atoms. The molecule has 15 nitrogen and oxygen atoms in total. The Labute approximate surface area is 302 Å². The number of ether oxygens (including phenoxy) is 12. The lowest BCUT2D eigenvalue weighted by molar-refractivity contribution is -0.139. The number of hydrogen-bond donors (Lipinski definition) is 1. The molecule has 3 aromatic carbocycles. The summed E-state index contributed by atoms with van der Waals surface area (Å²) in [5.41, 5.74) is 0.720. The quantitative estimate of drug-likeness (QED) is 0.0820. The second-order valence-corrected chi connectivity index (χ2v) is 10.6. The number of rotatable bonds is 19. The maximum Gasteiger partial charge on any atom is 0.342 e. The molecule has 0 fully saturated rings. The molecule has 0 heterocycles. The summed E-state index contributed by atoms with van der Waals surface area (Å²) in [7, 11) is 12.7. The molecule has 1 unspecified atom stereocenters. The van der Waals surface area contributed by atoms with Crippen molar-refractivity contribution >= 4 is 22.7 Å². The van der Waals surface area contributed by atoms with Gasteiger partial charge in [-0.05, 0) is 18.6 Å². The first kappa shape index (κ1) is 41.1. The molecule has 3 aromatic rings. The van der Waals surface area contributed by atoms with Crippen LogP contribution >= 0.6 is 0 Å². The molecule has 0 aliphatic rings. The van der Waals surface area contributed by atoms with Crippen LogP contribution in [0.25, 0.3) is 10.8 Å². The summed E-state index contributed by atoms with van der Waals surface area (Å²) >= 11 is 0. The molecule has 0 saturated carbocycles. The van der Waals surface area contributed by atoms with E-state index in [9.17, 15) is 14.7 Å². The highest BCUT2D eigenvalue weighted by Crippen LogP contribution is 2.55. The summed E-state index contributed by atoms with van der Waals surface area (Å²) in [5, 5.41) is 12.4. The van der Waals surface area contributed by atoms with Crippen molar-refractivity contribution in [1.29, 1.82) is 0 Å². The lowest BCUT2D eigenvalue weighted by atomic mass is 9.96. The number of methoxy groups -OCH3 is 9. The van der Waals surface area contributed by atoms with Crippen molar-refractivity contribution in [3.05, 3.63) is 34.4 Å². The van der Waals surface area contributed by atoms with Gasteiger partial charge in [-0.3, -0.25) is 4.79 Å². The van der Waals surface area contributed by atoms with Crippen LogP contribution in [0.3, 0.4) is 0 Å². The lowest BCUT2D eigenvalue weighted by Crippen LogP contribution is -2.16. The van der Waals surface area contributed by atoms with Crippen molar-refractivity contribution in [3.63, 3.8) is 0 Å². The van der Waals surface area contributed by atoms with Gasteiger partial charge in [-0.1, -0.05) is 11.8 Å². The molecule has 1 atom stereocenters. The van der Waals surface area contributed by atoms with Gasteiger partial charge >= 0.3 is 11.9 Å². The van der Waals surface area contributed by atoms with Crippen LogP contribution in [-0.2, 0) is 36.6 Å². The number of aliphatic hydroxyl groups is 1. The van der Waals surface area contributed by atoms with Crippen LogP contribution in [0.2, 0.25) is 0 Å². The van der Waals surface area contributed by atoms with Gasteiger partial charge in [-0.15, -0.1) is 0 Å². The van der Waals surface area contributed by atoms with E-state index in [-0.39, 0.29) is 72.5 Å². The van der Waals surface area contributed by atoms with Crippen molar-refractivity contribution < 1.29 is 71.5 Å². The van der Waals surface area contributed by atoms with Crippen molar-refractivity contribution in [2.24, 2.45) is 0 Å². The lowest BCUT2D eigenvalue weighted by Gasteiger charge is -2.24. The smallest absolute Gasteiger partial charge is 0.342 e. The Morgan fingerprint density at radius 1 is 0.712 bits per heavy atom. The third kappa shape index (κ3) is 8.94. The second kappa shape index (κ2) is 19.9. The molecule has 0 bridgehead atoms. The highest BCUT2D eigenvalue weighted by Gasteiger charge is 2.31. The fraction of sp³-hybridized carbons (Fsp3) is 0.459. The Hall–Kier alpha value is -5.30. The highest BCUT2D eigenvalue weighted by molar-refractivity contribution is 6.06. The molecule has 0 aliphatic heterocycles. The number of esters is 2. The molecule has 284 valence electrons. The fourth-order valence-electron chi connectivity index (χ4n) is 5.47. The van der Waals surface area contributed by atoms with Gasteiger partial charge in [0, 0.05) is 31.8 Å². The molecule has 0 amide bonds. The predicted octanol–water partition coefficient (Wildman–Crippen LogP) is 3.75. The Balaban J connectivity index is 2.33. The molecular formula is C37H46O15. The first-order chi connectivity index (χ1) is 25.1. The largest absolute Gasteiger partial charge is 0.496 e. The van der Waals surface area contributed by atoms with E-state index in [1.807, 2.05) is 0 Å². The minimum Gasteiger partial charge on any atom is -0.496 e. The Bertz CT molecular complexity index is 1770. The molecule has 1 N–H and O–H groups in total. The molecule has 0 aliphatic carbocycles. The monoisotopic (exact) mass is 730 g/mol. The second-order valence-electron chi connectivity index (χ2n) is 10.6. The molecule has 15 heteroatoms. The normalized spacial score (nSPS) is 11.1. The Morgan fingerprint density at radius 2 is 1.38 bits per heavy atom. The van der Waals surface area contributed by atoms with Gasteiger partial charge in [-0.25, -0.2) is 4.79 Å². The average Bonchev–Trinajstić information content (AvgIpc) is 3.16. The van der Waals surface area contributed by atoms with E-state index < -0.39 is 18.0 Å². The molecular weight excluding hydrogens is 684 g/mol. The first-order valence-corrected chi connectivity index (χ1v) is 15.9. The van der Waals surface area contributed by atoms with Crippen LogP contribution in [0, 0.1) is 11.8 Å². The summed E-state index contributed by atoms with van der Waals surface area (Å²) < 4.78 is 67.1. The standard InChI is InChI=1S/C37H46O15/c1-11-50-20-52-31-21(16-22(17-27(39)44-5)28(35(31)47-8)37(40)49-10)12-13-23(38)18-24-32(45-6)29-25(42-3)19-26(43-4)34(46-7)30(29)36(48-9)33(24)51-15-14-41-2/h16,19,23,38H,11,14-15,17-18,20H2,1-10H3. The topological polar surface area (TPSA) is 165 Å². The minimum absolute atomic E-state index is 0.0315. The summed E-state index contributed by atoms with van der Waals surface area (Å²) in [6.45, 7) is 2.26. The zero-order valence-electron chi connectivity index (χ0n) is 31.1. The number of aliphatic hydroxyl groups excluding tert-OH is 1. The van der Waals surface area contributed by atoms with E-state index in [0.29, 0.717) is 45.9 Å². The first-order valence-electron chi connectivity index (χ1n) is 15.9. The molecule has 3 rings (SSSR count). The van der Waals surface area contributed by atoms with E-state index in [0.717, 1.165) is 0 Å². The number of hydrogen-bond acceptors (Lipinski definition) is 15. The van der Waals surface area contributed by atoms with Crippen LogP contribution in [-0.4, -0.2) is 114 Å². The summed E-state index contributed by atoms with van der Waals surface area (Å²) in [6, 6.07) is 3.12. The number of fused-ring (bicyclic) bond motifs is 1. The zero-order valence-corrected chi connectivity index (χ0v) is 31.1. The van der Waals surface area contributed by atoms with Crippen molar-refractivity contribution in [3.8, 4) is 57.8 Å². The van der Waals surface area contributed by atoms with Crippen molar-refractivity contribution in [2.75, 3.05) is 90.6 Å². The minimum atomic E-state index is -1.36. The van der Waals surface area contributed by atoms with Gasteiger partial charge in [-0.2, -0.15) is 0 Å². The molecule has 0 spiro atoms. The van der Waals surface area contributed by atoms with Gasteiger partial charge in [0.05, 0.1) is 86.2 Å². The van der Waals surface area contributed by atoms with Crippen LogP contribution < -0.4 is 37.9 Å². The van der Waals surface area contributed by atoms with E-state index in [2.05, 4.69) is 11.8 Å². The third-order valence-corrected chi connectivity index (χ3v) is 7.74. The van der Waals surface area contributed by atoms with Crippen LogP contribution in [0.15, 0.2) is 12.1 Å². The highest BCUT2D eigenvalue weighted by atomic mass is 16.7. The molecule has 0 saturated heterocycles. The number of carbonyl (C=O) groups excluding carboxylic acids is 2. The third-order valence-electron chi connectivity index (χ3n) is 7.74. The summed E-state index contributed by atoms with van der Waals surface area (Å²) in [6.07, 6.45) is -1.81. The maximum atomic E-state index is 12.9. The summed E-state index contributed by atoms with van der Waals surface area (Å²) in [5.74, 6) is 6.22. The van der Waals surface area contributed by atoms with Crippen LogP contribution in [0.1, 0.15) is 34.0 Å². The van der Waals surface area contributed by atoms with Gasteiger partial charge in [0.1, 0.15) is 29.8 Å². The van der Waals surface area contributed by atoms with E-state index >= 15 is 0 Å². The summed E-state index contributed by atoms with van der Waals surface area (Å²) in [4.78, 5) is 25.3. The van der Waals surface area contributed by atoms with E-state index in [1.54, 1.807) is 13.0 Å². The van der Waals surface area contributed by atoms with Crippen LogP contribution in [0.4, 0.5) is 0 Å². The SMILES string of the molecule is CCOCOc1c(C#CC(O)Cc2c(OCCOC)c(OC)c3c(OC)c(OC)cc(OC)c3c2OC)cc(CC(=O)OC)c(C(=O)OC)c1OC. The van der Waals surface area contributed by atoms with E-state index in [1.165, 1.54) is 70.1 Å². The van der Waals surface area contributed by atoms with Crippen molar-refractivity contribution in [2.45, 2.75) is 25.9 Å². The molecule has 0 aromatic heterocycles. The van der Waals surface area contributed by atoms with Crippen LogP contribution in [0.5, 0.6) is 46.0 Å². The van der Waals surface area contributed by atoms with E-state index in [4.69, 9.17) is 56.8 Å². The maximum absolute atomic E-state index is 12.9. The fourth-order valence-corrected chi connectivity index (χ4v) is 5.47. The Morgan fingerprint density at radius 3 is 1.94 bits per heavy atom. The van der Waals surface area contributed by atoms with Gasteiger partial charge in [0.25, 0.3) is 0 Å². The number of benzene rings is 3. The zero-order chi connectivity index (χ0) is 38.4. The predicted molar refractivity (Wildman–Crippen MR) is 188 cm³/mol. The van der Waals surface area contributed by atoms with Crippen molar-refractivity contribution in [1.82, 2.24) is 0 Å². The molecule has 0 radical (unpaired) electrons. The Kier molecular flexibility index (Phi) is 15.8. The van der Waals surface area contributed by atoms with Gasteiger partial charge in [0.15, 0.2) is 41.3 Å². The number of carbonyl (C=O) groups is 2. The van der Waals surface area contributed by atoms with Gasteiger partial charge < -0.3 is 61.9 Å².